The van der Waals surface area contributed by atoms with Gasteiger partial charge in [0.1, 0.15) is 12.0 Å². The Morgan fingerprint density at radius 1 is 1.33 bits per heavy atom. The summed E-state index contributed by atoms with van der Waals surface area (Å²) in [6.45, 7) is 2.09. The molecule has 1 aliphatic rings. The molecular weight excluding hydrogens is 281 g/mol. The van der Waals surface area contributed by atoms with Gasteiger partial charge in [-0.1, -0.05) is 19.8 Å². The third kappa shape index (κ3) is 3.99. The fraction of sp³-hybridized carbons (Fsp3) is 0.562. The number of ether oxygens (including phenoxy) is 1. The molecule has 0 spiro atoms. The lowest BCUT2D eigenvalue weighted by molar-refractivity contribution is -0.139. The van der Waals surface area contributed by atoms with Crippen LogP contribution < -0.4 is 4.74 Å². The molecule has 1 aromatic carbocycles. The third-order valence-corrected chi connectivity index (χ3v) is 4.05. The van der Waals surface area contributed by atoms with E-state index in [-0.39, 0.29) is 17.4 Å². The van der Waals surface area contributed by atoms with Crippen molar-refractivity contribution in [2.75, 3.05) is 0 Å². The van der Waals surface area contributed by atoms with Gasteiger partial charge >= 0.3 is 6.18 Å². The van der Waals surface area contributed by atoms with Crippen LogP contribution in [-0.2, 0) is 6.18 Å². The maximum Gasteiger partial charge on any atom is 0.419 e. The van der Waals surface area contributed by atoms with Gasteiger partial charge in [-0.15, -0.1) is 0 Å². The average Bonchev–Trinajstić information content (AvgIpc) is 2.46. The van der Waals surface area contributed by atoms with Crippen LogP contribution in [0, 0.1) is 5.92 Å². The standard InChI is InChI=1S/C16H19F3O2/c1-2-11-4-3-5-13(8-11)21-15-7-6-12(10-20)9-14(15)16(17,18)19/h6-7,9-11,13H,2-5,8H2,1H3. The van der Waals surface area contributed by atoms with Crippen LogP contribution in [0.4, 0.5) is 13.2 Å². The van der Waals surface area contributed by atoms with Gasteiger partial charge in [0.25, 0.3) is 0 Å². The average molecular weight is 300 g/mol. The number of alkyl halides is 3. The predicted molar refractivity (Wildman–Crippen MR) is 73.5 cm³/mol. The number of hydrogen-bond donors (Lipinski definition) is 0. The van der Waals surface area contributed by atoms with Crippen LogP contribution in [0.5, 0.6) is 5.75 Å². The zero-order chi connectivity index (χ0) is 15.5. The zero-order valence-corrected chi connectivity index (χ0v) is 12.0. The molecule has 5 heteroatoms. The fourth-order valence-corrected chi connectivity index (χ4v) is 2.84. The molecule has 0 bridgehead atoms. The zero-order valence-electron chi connectivity index (χ0n) is 12.0. The van der Waals surface area contributed by atoms with Crippen molar-refractivity contribution in [3.05, 3.63) is 29.3 Å². The summed E-state index contributed by atoms with van der Waals surface area (Å²) in [7, 11) is 0. The van der Waals surface area contributed by atoms with E-state index in [1.54, 1.807) is 0 Å². The normalized spacial score (nSPS) is 22.9. The first-order chi connectivity index (χ1) is 9.94. The molecule has 0 N–H and O–H groups in total. The van der Waals surface area contributed by atoms with Crippen LogP contribution in [-0.4, -0.2) is 12.4 Å². The Kier molecular flexibility index (Phi) is 4.91. The molecule has 0 aliphatic heterocycles. The Labute approximate surface area is 122 Å². The molecule has 116 valence electrons. The summed E-state index contributed by atoms with van der Waals surface area (Å²) in [5.41, 5.74) is -0.865. The van der Waals surface area contributed by atoms with E-state index in [0.29, 0.717) is 12.2 Å². The van der Waals surface area contributed by atoms with E-state index in [4.69, 9.17) is 4.74 Å². The lowest BCUT2D eigenvalue weighted by Crippen LogP contribution is -2.26. The molecule has 1 saturated carbocycles. The first-order valence-corrected chi connectivity index (χ1v) is 7.27. The van der Waals surface area contributed by atoms with Crippen LogP contribution >= 0.6 is 0 Å². The molecule has 1 aliphatic carbocycles. The molecule has 0 amide bonds. The van der Waals surface area contributed by atoms with Crippen LogP contribution in [0.3, 0.4) is 0 Å². The second-order valence-electron chi connectivity index (χ2n) is 5.55. The summed E-state index contributed by atoms with van der Waals surface area (Å²) in [6.07, 6.45) is 0.415. The molecular formula is C16H19F3O2. The molecule has 1 aromatic rings. The third-order valence-electron chi connectivity index (χ3n) is 4.05. The lowest BCUT2D eigenvalue weighted by Gasteiger charge is -2.29. The van der Waals surface area contributed by atoms with Gasteiger partial charge in [0.05, 0.1) is 11.7 Å². The van der Waals surface area contributed by atoms with Gasteiger partial charge in [0.2, 0.25) is 0 Å². The Hall–Kier alpha value is -1.52. The summed E-state index contributed by atoms with van der Waals surface area (Å²) < 4.78 is 44.8. The molecule has 0 heterocycles. The molecule has 21 heavy (non-hydrogen) atoms. The van der Waals surface area contributed by atoms with Gasteiger partial charge in [-0.05, 0) is 43.4 Å². The second-order valence-corrected chi connectivity index (χ2v) is 5.55. The maximum atomic E-state index is 13.1. The number of halogens is 3. The number of benzene rings is 1. The number of carbonyl (C=O) groups excluding carboxylic acids is 1. The molecule has 2 unspecified atom stereocenters. The monoisotopic (exact) mass is 300 g/mol. The Morgan fingerprint density at radius 3 is 2.71 bits per heavy atom. The summed E-state index contributed by atoms with van der Waals surface area (Å²) in [4.78, 5) is 10.7. The van der Waals surface area contributed by atoms with E-state index in [1.807, 2.05) is 0 Å². The van der Waals surface area contributed by atoms with Gasteiger partial charge in [-0.2, -0.15) is 13.2 Å². The van der Waals surface area contributed by atoms with Crippen molar-refractivity contribution in [1.82, 2.24) is 0 Å². The van der Waals surface area contributed by atoms with Crippen molar-refractivity contribution < 1.29 is 22.7 Å². The topological polar surface area (TPSA) is 26.3 Å². The molecule has 0 aromatic heterocycles. The van der Waals surface area contributed by atoms with E-state index in [0.717, 1.165) is 38.2 Å². The number of rotatable bonds is 4. The quantitative estimate of drug-likeness (QED) is 0.742. The van der Waals surface area contributed by atoms with Crippen molar-refractivity contribution in [1.29, 1.82) is 0 Å². The maximum absolute atomic E-state index is 13.1. The highest BCUT2D eigenvalue weighted by Gasteiger charge is 2.35. The summed E-state index contributed by atoms with van der Waals surface area (Å²) >= 11 is 0. The van der Waals surface area contributed by atoms with Gasteiger partial charge < -0.3 is 4.74 Å². The number of hydrogen-bond acceptors (Lipinski definition) is 2. The predicted octanol–water partition coefficient (Wildman–Crippen LogP) is 4.87. The van der Waals surface area contributed by atoms with Gasteiger partial charge in [0.15, 0.2) is 0 Å². The van der Waals surface area contributed by atoms with Crippen LogP contribution in [0.2, 0.25) is 0 Å². The molecule has 2 rings (SSSR count). The minimum absolute atomic E-state index is 0.00440. The Bertz CT molecular complexity index is 497. The van der Waals surface area contributed by atoms with Crippen molar-refractivity contribution in [2.24, 2.45) is 5.92 Å². The van der Waals surface area contributed by atoms with E-state index in [9.17, 15) is 18.0 Å². The Morgan fingerprint density at radius 2 is 2.10 bits per heavy atom. The van der Waals surface area contributed by atoms with Gasteiger partial charge in [0, 0.05) is 5.56 Å². The summed E-state index contributed by atoms with van der Waals surface area (Å²) in [5.74, 6) is 0.349. The van der Waals surface area contributed by atoms with E-state index >= 15 is 0 Å². The van der Waals surface area contributed by atoms with E-state index in [1.165, 1.54) is 12.1 Å². The molecule has 0 saturated heterocycles. The highest BCUT2D eigenvalue weighted by molar-refractivity contribution is 5.75. The van der Waals surface area contributed by atoms with Gasteiger partial charge in [-0.25, -0.2) is 0 Å². The smallest absolute Gasteiger partial charge is 0.419 e. The largest absolute Gasteiger partial charge is 0.490 e. The van der Waals surface area contributed by atoms with Crippen LogP contribution in [0.1, 0.15) is 54.9 Å². The molecule has 2 nitrogen and oxygen atoms in total. The van der Waals surface area contributed by atoms with Crippen LogP contribution in [0.15, 0.2) is 18.2 Å². The van der Waals surface area contributed by atoms with E-state index in [2.05, 4.69) is 6.92 Å². The minimum Gasteiger partial charge on any atom is -0.490 e. The Balaban J connectivity index is 2.21. The van der Waals surface area contributed by atoms with Crippen molar-refractivity contribution in [2.45, 2.75) is 51.3 Å². The molecule has 0 radical (unpaired) electrons. The summed E-state index contributed by atoms with van der Waals surface area (Å²) in [5, 5.41) is 0. The molecule has 1 fully saturated rings. The van der Waals surface area contributed by atoms with Crippen molar-refractivity contribution in [3.63, 3.8) is 0 Å². The summed E-state index contributed by atoms with van der Waals surface area (Å²) in [6, 6.07) is 3.46. The molecule has 2 atom stereocenters. The van der Waals surface area contributed by atoms with Gasteiger partial charge in [-0.3, -0.25) is 4.79 Å². The minimum atomic E-state index is -4.52. The lowest BCUT2D eigenvalue weighted by atomic mass is 9.85. The highest BCUT2D eigenvalue weighted by Crippen LogP contribution is 2.38. The van der Waals surface area contributed by atoms with E-state index < -0.39 is 11.7 Å². The van der Waals surface area contributed by atoms with Crippen LogP contribution in [0.25, 0.3) is 0 Å². The first kappa shape index (κ1) is 15.9. The fourth-order valence-electron chi connectivity index (χ4n) is 2.84. The first-order valence-electron chi connectivity index (χ1n) is 7.27. The number of aldehydes is 1. The second kappa shape index (κ2) is 6.50. The number of carbonyl (C=O) groups is 1. The van der Waals surface area contributed by atoms with Crippen molar-refractivity contribution >= 4 is 6.29 Å². The SMILES string of the molecule is CCC1CCCC(Oc2ccc(C=O)cc2C(F)(F)F)C1. The van der Waals surface area contributed by atoms with Crippen molar-refractivity contribution in [3.8, 4) is 5.75 Å². The highest BCUT2D eigenvalue weighted by atomic mass is 19.4.